The van der Waals surface area contributed by atoms with Gasteiger partial charge < -0.3 is 4.74 Å². The molecule has 2 aromatic heterocycles. The van der Waals surface area contributed by atoms with E-state index in [2.05, 4.69) is 10.1 Å². The first-order valence-corrected chi connectivity index (χ1v) is 10.7. The van der Waals surface area contributed by atoms with Gasteiger partial charge in [0.1, 0.15) is 5.41 Å². The smallest absolute Gasteiger partial charge is 0.416 e. The van der Waals surface area contributed by atoms with Crippen molar-refractivity contribution >= 4 is 11.6 Å². The number of esters is 1. The number of alkyl halides is 3. The molecule has 0 aliphatic rings. The molecular formula is C25H20F5N3O2. The molecule has 0 saturated carbocycles. The predicted molar refractivity (Wildman–Crippen MR) is 117 cm³/mol. The molecule has 1 atom stereocenters. The Bertz CT molecular complexity index is 1380. The second-order valence-corrected chi connectivity index (χ2v) is 8.18. The number of benzene rings is 2. The standard InChI is InChI=1S/C25H20F5N3O2/c1-3-35-23(34)24(2,13-15-4-9-19(26)20(27)12-15)21-10-11-31-22-18(14-32-33(21)22)16-5-7-17(8-6-16)25(28,29)30/h4-12,14H,3,13H2,1-2H3. The molecule has 0 saturated heterocycles. The lowest BCUT2D eigenvalue weighted by Crippen LogP contribution is -2.38. The summed E-state index contributed by atoms with van der Waals surface area (Å²) in [4.78, 5) is 17.4. The monoisotopic (exact) mass is 489 g/mol. The van der Waals surface area contributed by atoms with Gasteiger partial charge >= 0.3 is 12.1 Å². The maximum atomic E-state index is 13.9. The number of carbonyl (C=O) groups excluding carboxylic acids is 1. The van der Waals surface area contributed by atoms with E-state index in [0.717, 1.165) is 24.3 Å². The molecule has 5 nitrogen and oxygen atoms in total. The van der Waals surface area contributed by atoms with Crippen LogP contribution in [-0.4, -0.2) is 27.2 Å². The third-order valence-electron chi connectivity index (χ3n) is 5.76. The van der Waals surface area contributed by atoms with Crippen LogP contribution in [-0.2, 0) is 27.5 Å². The Morgan fingerprint density at radius 1 is 1.03 bits per heavy atom. The van der Waals surface area contributed by atoms with Crippen LogP contribution in [0.3, 0.4) is 0 Å². The fourth-order valence-corrected chi connectivity index (χ4v) is 3.97. The van der Waals surface area contributed by atoms with Crippen molar-refractivity contribution in [2.45, 2.75) is 31.9 Å². The minimum Gasteiger partial charge on any atom is -0.465 e. The molecule has 0 amide bonds. The maximum Gasteiger partial charge on any atom is 0.416 e. The zero-order valence-electron chi connectivity index (χ0n) is 18.7. The highest BCUT2D eigenvalue weighted by Crippen LogP contribution is 2.34. The second kappa shape index (κ2) is 9.09. The van der Waals surface area contributed by atoms with Gasteiger partial charge in [0.2, 0.25) is 0 Å². The highest BCUT2D eigenvalue weighted by Gasteiger charge is 2.40. The summed E-state index contributed by atoms with van der Waals surface area (Å²) in [7, 11) is 0. The number of halogens is 5. The molecule has 4 aromatic rings. The Hall–Kier alpha value is -3.82. The summed E-state index contributed by atoms with van der Waals surface area (Å²) in [6.45, 7) is 3.34. The summed E-state index contributed by atoms with van der Waals surface area (Å²) in [5.74, 6) is -2.66. The van der Waals surface area contributed by atoms with Gasteiger partial charge in [-0.25, -0.2) is 18.3 Å². The van der Waals surface area contributed by atoms with Crippen LogP contribution in [0.4, 0.5) is 22.0 Å². The molecule has 4 rings (SSSR count). The zero-order valence-corrected chi connectivity index (χ0v) is 18.7. The van der Waals surface area contributed by atoms with Gasteiger partial charge in [-0.15, -0.1) is 0 Å². The Kier molecular flexibility index (Phi) is 6.31. The van der Waals surface area contributed by atoms with Crippen molar-refractivity contribution in [2.24, 2.45) is 0 Å². The summed E-state index contributed by atoms with van der Waals surface area (Å²) in [5.41, 5.74) is -0.208. The minimum atomic E-state index is -4.47. The van der Waals surface area contributed by atoms with Gasteiger partial charge in [0.05, 0.1) is 24.1 Å². The van der Waals surface area contributed by atoms with Gasteiger partial charge in [0, 0.05) is 11.8 Å². The van der Waals surface area contributed by atoms with Crippen molar-refractivity contribution in [2.75, 3.05) is 6.61 Å². The topological polar surface area (TPSA) is 56.5 Å². The van der Waals surface area contributed by atoms with E-state index < -0.39 is 34.8 Å². The van der Waals surface area contributed by atoms with Crippen LogP contribution in [0.2, 0.25) is 0 Å². The third kappa shape index (κ3) is 4.60. The zero-order chi connectivity index (χ0) is 25.4. The number of rotatable bonds is 6. The number of ether oxygens (including phenoxy) is 1. The number of aromatic nitrogens is 3. The highest BCUT2D eigenvalue weighted by molar-refractivity contribution is 5.84. The van der Waals surface area contributed by atoms with E-state index >= 15 is 0 Å². The first-order chi connectivity index (χ1) is 16.5. The summed E-state index contributed by atoms with van der Waals surface area (Å²) in [6, 6.07) is 9.51. The Morgan fingerprint density at radius 3 is 2.37 bits per heavy atom. The van der Waals surface area contributed by atoms with E-state index in [-0.39, 0.29) is 13.0 Å². The van der Waals surface area contributed by atoms with Crippen molar-refractivity contribution in [1.29, 1.82) is 0 Å². The van der Waals surface area contributed by atoms with E-state index in [0.29, 0.717) is 28.0 Å². The Morgan fingerprint density at radius 2 is 1.74 bits per heavy atom. The molecular weight excluding hydrogens is 469 g/mol. The largest absolute Gasteiger partial charge is 0.465 e. The fourth-order valence-electron chi connectivity index (χ4n) is 3.97. The molecule has 35 heavy (non-hydrogen) atoms. The van der Waals surface area contributed by atoms with Crippen molar-refractivity contribution < 1.29 is 31.5 Å². The lowest BCUT2D eigenvalue weighted by molar-refractivity contribution is -0.149. The van der Waals surface area contributed by atoms with Crippen molar-refractivity contribution in [3.8, 4) is 11.1 Å². The molecule has 10 heteroatoms. The third-order valence-corrected chi connectivity index (χ3v) is 5.76. The van der Waals surface area contributed by atoms with Crippen molar-refractivity contribution in [3.63, 3.8) is 0 Å². The van der Waals surface area contributed by atoms with Crippen LogP contribution in [0.25, 0.3) is 16.8 Å². The van der Waals surface area contributed by atoms with Gasteiger partial charge in [0.25, 0.3) is 0 Å². The SMILES string of the molecule is CCOC(=O)C(C)(Cc1ccc(F)c(F)c1)c1ccnc2c(-c3ccc(C(F)(F)F)cc3)cnn12. The quantitative estimate of drug-likeness (QED) is 0.255. The lowest BCUT2D eigenvalue weighted by atomic mass is 9.80. The number of hydrogen-bond donors (Lipinski definition) is 0. The summed E-state index contributed by atoms with van der Waals surface area (Å²) in [5, 5.41) is 4.34. The molecule has 0 radical (unpaired) electrons. The first kappa shape index (κ1) is 24.3. The predicted octanol–water partition coefficient (Wildman–Crippen LogP) is 5.76. The maximum absolute atomic E-state index is 13.9. The van der Waals surface area contributed by atoms with Gasteiger partial charge in [0.15, 0.2) is 17.3 Å². The van der Waals surface area contributed by atoms with Crippen LogP contribution in [0, 0.1) is 11.6 Å². The molecule has 0 aliphatic carbocycles. The molecule has 182 valence electrons. The number of hydrogen-bond acceptors (Lipinski definition) is 4. The van der Waals surface area contributed by atoms with E-state index in [1.54, 1.807) is 19.9 Å². The van der Waals surface area contributed by atoms with Crippen molar-refractivity contribution in [1.82, 2.24) is 14.6 Å². The van der Waals surface area contributed by atoms with E-state index in [9.17, 15) is 26.7 Å². The Balaban J connectivity index is 1.82. The van der Waals surface area contributed by atoms with Crippen molar-refractivity contribution in [3.05, 3.63) is 89.4 Å². The molecule has 0 aliphatic heterocycles. The van der Waals surface area contributed by atoms with Crippen LogP contribution >= 0.6 is 0 Å². The summed E-state index contributed by atoms with van der Waals surface area (Å²) in [6.07, 6.45) is -1.61. The lowest BCUT2D eigenvalue weighted by Gasteiger charge is -2.28. The van der Waals surface area contributed by atoms with Gasteiger partial charge in [-0.05, 0) is 61.7 Å². The van der Waals surface area contributed by atoms with Gasteiger partial charge in [-0.1, -0.05) is 18.2 Å². The molecule has 2 aromatic carbocycles. The molecule has 0 spiro atoms. The number of fused-ring (bicyclic) bond motifs is 1. The first-order valence-electron chi connectivity index (χ1n) is 10.7. The highest BCUT2D eigenvalue weighted by atomic mass is 19.4. The van der Waals surface area contributed by atoms with E-state index in [1.165, 1.54) is 35.1 Å². The fraction of sp³-hybridized carbons (Fsp3) is 0.240. The normalized spacial score (nSPS) is 13.6. The van der Waals surface area contributed by atoms with Gasteiger partial charge in [-0.3, -0.25) is 4.79 Å². The number of carbonyl (C=O) groups is 1. The molecule has 2 heterocycles. The van der Waals surface area contributed by atoms with Crippen LogP contribution < -0.4 is 0 Å². The van der Waals surface area contributed by atoms with Crippen LogP contribution in [0.15, 0.2) is 60.9 Å². The molecule has 0 bridgehead atoms. The van der Waals surface area contributed by atoms with E-state index in [4.69, 9.17) is 4.74 Å². The van der Waals surface area contributed by atoms with E-state index in [1.807, 2.05) is 0 Å². The number of nitrogens with zero attached hydrogens (tertiary/aromatic N) is 3. The molecule has 0 fully saturated rings. The minimum absolute atomic E-state index is 0.0301. The second-order valence-electron chi connectivity index (χ2n) is 8.18. The van der Waals surface area contributed by atoms with Crippen LogP contribution in [0.1, 0.15) is 30.7 Å². The summed E-state index contributed by atoms with van der Waals surface area (Å²) < 4.78 is 72.9. The Labute approximate surface area is 197 Å². The molecule has 0 N–H and O–H groups in total. The van der Waals surface area contributed by atoms with Crippen LogP contribution in [0.5, 0.6) is 0 Å². The van der Waals surface area contributed by atoms with Gasteiger partial charge in [-0.2, -0.15) is 18.3 Å². The average molecular weight is 489 g/mol. The average Bonchev–Trinajstić information content (AvgIpc) is 3.25. The molecule has 1 unspecified atom stereocenters. The summed E-state index contributed by atoms with van der Waals surface area (Å²) >= 11 is 0.